The Bertz CT molecular complexity index is 829. The average Bonchev–Trinajstić information content (AvgIpc) is 3.33. The molecule has 0 radical (unpaired) electrons. The third-order valence-electron chi connectivity index (χ3n) is 5.34. The Kier molecular flexibility index (Phi) is 5.50. The molecule has 1 saturated heterocycles. The number of ketones is 1. The number of carbonyl (C=O) groups excluding carboxylic acids is 1. The molecule has 0 N–H and O–H groups in total. The first-order valence-electron chi connectivity index (χ1n) is 9.76. The van der Waals surface area contributed by atoms with Crippen LogP contribution < -0.4 is 4.90 Å². The molecule has 7 heteroatoms. The van der Waals surface area contributed by atoms with E-state index in [0.29, 0.717) is 13.2 Å². The van der Waals surface area contributed by atoms with E-state index < -0.39 is 0 Å². The molecular formula is C20H26N4O2S. The molecule has 1 fully saturated rings. The molecule has 0 saturated carbocycles. The highest BCUT2D eigenvalue weighted by atomic mass is 32.2. The molecule has 0 unspecified atom stereocenters. The molecule has 1 aliphatic heterocycles. The van der Waals surface area contributed by atoms with E-state index in [2.05, 4.69) is 38.7 Å². The summed E-state index contributed by atoms with van der Waals surface area (Å²) in [6, 6.07) is 6.19. The summed E-state index contributed by atoms with van der Waals surface area (Å²) in [6.45, 7) is 7.91. The maximum absolute atomic E-state index is 13.0. The van der Waals surface area contributed by atoms with Gasteiger partial charge in [-0.1, -0.05) is 23.9 Å². The minimum Gasteiger partial charge on any atom is -0.378 e. The summed E-state index contributed by atoms with van der Waals surface area (Å²) in [4.78, 5) is 15.2. The van der Waals surface area contributed by atoms with Gasteiger partial charge in [-0.15, -0.1) is 10.2 Å². The first-order valence-corrected chi connectivity index (χ1v) is 10.6. The number of Topliss-reactive ketones (excluding diaryl/α,β-unsaturated/α-hetero) is 1. The molecule has 1 aliphatic carbocycles. The van der Waals surface area contributed by atoms with Crippen LogP contribution >= 0.6 is 11.8 Å². The lowest BCUT2D eigenvalue weighted by molar-refractivity contribution is 0.0993. The predicted molar refractivity (Wildman–Crippen MR) is 107 cm³/mol. The van der Waals surface area contributed by atoms with Gasteiger partial charge < -0.3 is 9.64 Å². The highest BCUT2D eigenvalue weighted by molar-refractivity contribution is 8.00. The largest absolute Gasteiger partial charge is 0.378 e. The van der Waals surface area contributed by atoms with Crippen molar-refractivity contribution in [3.63, 3.8) is 0 Å². The van der Waals surface area contributed by atoms with Crippen molar-refractivity contribution < 1.29 is 9.53 Å². The van der Waals surface area contributed by atoms with E-state index in [1.165, 1.54) is 29.3 Å². The van der Waals surface area contributed by atoms with Gasteiger partial charge in [0, 0.05) is 25.2 Å². The SMILES string of the molecule is CCn1c(S[C@@H](C)C(=O)c2ccc3c(c2)CCC3)nnc1N1CCOCC1. The fourth-order valence-corrected chi connectivity index (χ4v) is 4.80. The van der Waals surface area contributed by atoms with Crippen LogP contribution in [0.3, 0.4) is 0 Å². The Morgan fingerprint density at radius 1 is 1.22 bits per heavy atom. The highest BCUT2D eigenvalue weighted by Gasteiger charge is 2.24. The number of aryl methyl sites for hydroxylation is 2. The number of aromatic nitrogens is 3. The van der Waals surface area contributed by atoms with Gasteiger partial charge in [0.1, 0.15) is 0 Å². The van der Waals surface area contributed by atoms with Gasteiger partial charge in [-0.05, 0) is 50.3 Å². The topological polar surface area (TPSA) is 60.2 Å². The van der Waals surface area contributed by atoms with E-state index in [4.69, 9.17) is 4.74 Å². The van der Waals surface area contributed by atoms with E-state index in [1.54, 1.807) is 0 Å². The number of nitrogens with zero attached hydrogens (tertiary/aromatic N) is 4. The molecule has 27 heavy (non-hydrogen) atoms. The van der Waals surface area contributed by atoms with Crippen molar-refractivity contribution in [1.82, 2.24) is 14.8 Å². The van der Waals surface area contributed by atoms with E-state index >= 15 is 0 Å². The van der Waals surface area contributed by atoms with Crippen LogP contribution in [-0.4, -0.2) is 52.1 Å². The number of ether oxygens (including phenoxy) is 1. The van der Waals surface area contributed by atoms with Crippen molar-refractivity contribution in [2.24, 2.45) is 0 Å². The second kappa shape index (κ2) is 8.02. The summed E-state index contributed by atoms with van der Waals surface area (Å²) >= 11 is 1.50. The summed E-state index contributed by atoms with van der Waals surface area (Å²) in [5.41, 5.74) is 3.55. The average molecular weight is 387 g/mol. The summed E-state index contributed by atoms with van der Waals surface area (Å²) in [7, 11) is 0. The molecule has 2 heterocycles. The summed E-state index contributed by atoms with van der Waals surface area (Å²) < 4.78 is 7.53. The fraction of sp³-hybridized carbons (Fsp3) is 0.550. The van der Waals surface area contributed by atoms with Crippen LogP contribution in [0.4, 0.5) is 5.95 Å². The number of morpholine rings is 1. The number of thioether (sulfide) groups is 1. The van der Waals surface area contributed by atoms with E-state index in [0.717, 1.165) is 49.1 Å². The third kappa shape index (κ3) is 3.75. The number of carbonyl (C=O) groups is 1. The van der Waals surface area contributed by atoms with Crippen LogP contribution in [0.5, 0.6) is 0 Å². The molecule has 0 spiro atoms. The smallest absolute Gasteiger partial charge is 0.228 e. The van der Waals surface area contributed by atoms with Crippen LogP contribution in [0, 0.1) is 0 Å². The Labute approximate surface area is 164 Å². The summed E-state index contributed by atoms with van der Waals surface area (Å²) in [5.74, 6) is 1.04. The van der Waals surface area contributed by atoms with Gasteiger partial charge in [0.25, 0.3) is 0 Å². The first kappa shape index (κ1) is 18.5. The Morgan fingerprint density at radius 3 is 2.78 bits per heavy atom. The number of rotatable bonds is 6. The monoisotopic (exact) mass is 386 g/mol. The second-order valence-electron chi connectivity index (χ2n) is 7.09. The van der Waals surface area contributed by atoms with Gasteiger partial charge >= 0.3 is 0 Å². The molecule has 4 rings (SSSR count). The Hall–Kier alpha value is -1.86. The molecule has 1 aromatic heterocycles. The summed E-state index contributed by atoms with van der Waals surface area (Å²) in [6.07, 6.45) is 3.42. The van der Waals surface area contributed by atoms with Crippen molar-refractivity contribution in [2.75, 3.05) is 31.2 Å². The molecule has 1 atom stereocenters. The molecule has 6 nitrogen and oxygen atoms in total. The minimum absolute atomic E-state index is 0.160. The number of anilines is 1. The molecule has 0 amide bonds. The fourth-order valence-electron chi connectivity index (χ4n) is 3.81. The Balaban J connectivity index is 1.49. The lowest BCUT2D eigenvalue weighted by Crippen LogP contribution is -2.38. The zero-order valence-corrected chi connectivity index (χ0v) is 16.8. The normalized spacial score (nSPS) is 17.8. The van der Waals surface area contributed by atoms with E-state index in [9.17, 15) is 4.79 Å². The van der Waals surface area contributed by atoms with Crippen LogP contribution in [0.1, 0.15) is 41.8 Å². The van der Waals surface area contributed by atoms with Gasteiger partial charge in [0.15, 0.2) is 10.9 Å². The van der Waals surface area contributed by atoms with Crippen LogP contribution in [0.25, 0.3) is 0 Å². The van der Waals surface area contributed by atoms with Crippen molar-refractivity contribution in [2.45, 2.75) is 50.1 Å². The van der Waals surface area contributed by atoms with Crippen LogP contribution in [0.2, 0.25) is 0 Å². The van der Waals surface area contributed by atoms with Gasteiger partial charge in [-0.2, -0.15) is 0 Å². The van der Waals surface area contributed by atoms with Crippen molar-refractivity contribution in [3.8, 4) is 0 Å². The number of benzene rings is 1. The quantitative estimate of drug-likeness (QED) is 0.562. The maximum Gasteiger partial charge on any atom is 0.228 e. The first-order chi connectivity index (χ1) is 13.2. The van der Waals surface area contributed by atoms with Crippen LogP contribution in [0.15, 0.2) is 23.4 Å². The highest BCUT2D eigenvalue weighted by Crippen LogP contribution is 2.29. The van der Waals surface area contributed by atoms with E-state index in [-0.39, 0.29) is 11.0 Å². The zero-order valence-electron chi connectivity index (χ0n) is 16.0. The van der Waals surface area contributed by atoms with Gasteiger partial charge in [0.05, 0.1) is 18.5 Å². The summed E-state index contributed by atoms with van der Waals surface area (Å²) in [5, 5.41) is 9.38. The lowest BCUT2D eigenvalue weighted by atomic mass is 10.0. The van der Waals surface area contributed by atoms with Gasteiger partial charge in [-0.25, -0.2) is 0 Å². The van der Waals surface area contributed by atoms with Crippen molar-refractivity contribution in [3.05, 3.63) is 34.9 Å². The van der Waals surface area contributed by atoms with Gasteiger partial charge in [0.2, 0.25) is 5.95 Å². The molecule has 2 aromatic rings. The van der Waals surface area contributed by atoms with E-state index in [1.807, 2.05) is 13.0 Å². The number of hydrogen-bond donors (Lipinski definition) is 0. The molecule has 1 aromatic carbocycles. The lowest BCUT2D eigenvalue weighted by Gasteiger charge is -2.27. The molecular weight excluding hydrogens is 360 g/mol. The molecule has 144 valence electrons. The molecule has 2 aliphatic rings. The standard InChI is InChI=1S/C20H26N4O2S/c1-3-24-19(23-9-11-26-12-10-23)21-22-20(24)27-14(2)18(25)17-8-7-15-5-4-6-16(15)13-17/h7-8,13-14H,3-6,9-12H2,1-2H3/t14-/m0/s1. The maximum atomic E-state index is 13.0. The molecule has 0 bridgehead atoms. The minimum atomic E-state index is -0.198. The van der Waals surface area contributed by atoms with Crippen molar-refractivity contribution >= 4 is 23.5 Å². The number of fused-ring (bicyclic) bond motifs is 1. The zero-order chi connectivity index (χ0) is 18.8. The van der Waals surface area contributed by atoms with Crippen LogP contribution in [-0.2, 0) is 24.1 Å². The second-order valence-corrected chi connectivity index (χ2v) is 8.40. The Morgan fingerprint density at radius 2 is 2.00 bits per heavy atom. The predicted octanol–water partition coefficient (Wildman–Crippen LogP) is 2.99. The number of hydrogen-bond acceptors (Lipinski definition) is 6. The van der Waals surface area contributed by atoms with Crippen molar-refractivity contribution in [1.29, 1.82) is 0 Å². The third-order valence-corrected chi connectivity index (χ3v) is 6.42. The van der Waals surface area contributed by atoms with Gasteiger partial charge in [-0.3, -0.25) is 9.36 Å².